The standard InChI is InChI=1S/C14H17N3O2S2/c1-8-6-10(15)7-9(2)13(8)21(18,19)17-14-16-11-4-3-5-12(11)20-14/h6-7H,3-5,15H2,1-2H3,(H,16,17). The predicted octanol–water partition coefficient (Wildman–Crippen LogP) is 2.63. The molecule has 0 saturated carbocycles. The van der Waals surface area contributed by atoms with Gasteiger partial charge in [0.05, 0.1) is 10.6 Å². The molecule has 1 aliphatic rings. The summed E-state index contributed by atoms with van der Waals surface area (Å²) in [7, 11) is -3.64. The van der Waals surface area contributed by atoms with Gasteiger partial charge >= 0.3 is 0 Å². The van der Waals surface area contributed by atoms with Gasteiger partial charge in [-0.2, -0.15) is 0 Å². The molecule has 0 fully saturated rings. The quantitative estimate of drug-likeness (QED) is 0.850. The molecule has 0 unspecified atom stereocenters. The first-order valence-corrected chi connectivity index (χ1v) is 9.05. The number of fused-ring (bicyclic) bond motifs is 1. The van der Waals surface area contributed by atoms with Gasteiger partial charge in [-0.3, -0.25) is 4.72 Å². The van der Waals surface area contributed by atoms with Crippen molar-refractivity contribution in [1.29, 1.82) is 0 Å². The van der Waals surface area contributed by atoms with E-state index in [1.165, 1.54) is 16.2 Å². The topological polar surface area (TPSA) is 85.1 Å². The summed E-state index contributed by atoms with van der Waals surface area (Å²) in [6.07, 6.45) is 3.04. The third-order valence-corrected chi connectivity index (χ3v) is 6.41. The van der Waals surface area contributed by atoms with Crippen molar-refractivity contribution < 1.29 is 8.42 Å². The summed E-state index contributed by atoms with van der Waals surface area (Å²) in [6, 6.07) is 3.34. The van der Waals surface area contributed by atoms with Crippen molar-refractivity contribution in [2.24, 2.45) is 0 Å². The lowest BCUT2D eigenvalue weighted by Gasteiger charge is -2.12. The van der Waals surface area contributed by atoms with Crippen LogP contribution >= 0.6 is 11.3 Å². The van der Waals surface area contributed by atoms with Gasteiger partial charge in [-0.25, -0.2) is 13.4 Å². The number of rotatable bonds is 3. The lowest BCUT2D eigenvalue weighted by molar-refractivity contribution is 0.600. The van der Waals surface area contributed by atoms with Gasteiger partial charge < -0.3 is 5.73 Å². The fourth-order valence-corrected chi connectivity index (χ4v) is 5.55. The second-order valence-electron chi connectivity index (χ2n) is 5.33. The zero-order valence-electron chi connectivity index (χ0n) is 11.9. The highest BCUT2D eigenvalue weighted by Crippen LogP contribution is 2.32. The van der Waals surface area contributed by atoms with E-state index in [4.69, 9.17) is 5.73 Å². The molecule has 5 nitrogen and oxygen atoms in total. The first-order valence-electron chi connectivity index (χ1n) is 6.75. The van der Waals surface area contributed by atoms with Crippen LogP contribution in [0.3, 0.4) is 0 Å². The van der Waals surface area contributed by atoms with E-state index < -0.39 is 10.0 Å². The number of thiazole rings is 1. The summed E-state index contributed by atoms with van der Waals surface area (Å²) in [6.45, 7) is 3.50. The monoisotopic (exact) mass is 323 g/mol. The summed E-state index contributed by atoms with van der Waals surface area (Å²) < 4.78 is 27.8. The van der Waals surface area contributed by atoms with Crippen molar-refractivity contribution in [3.8, 4) is 0 Å². The Morgan fingerprint density at radius 3 is 2.52 bits per heavy atom. The van der Waals surface area contributed by atoms with E-state index in [1.54, 1.807) is 26.0 Å². The molecule has 112 valence electrons. The van der Waals surface area contributed by atoms with Gasteiger partial charge in [0.25, 0.3) is 10.0 Å². The first kappa shape index (κ1) is 14.3. The maximum Gasteiger partial charge on any atom is 0.264 e. The van der Waals surface area contributed by atoms with Crippen LogP contribution in [0.15, 0.2) is 17.0 Å². The number of nitrogens with two attached hydrogens (primary N) is 1. The van der Waals surface area contributed by atoms with Crippen LogP contribution in [0, 0.1) is 13.8 Å². The molecule has 1 heterocycles. The Kier molecular flexibility index (Phi) is 3.41. The largest absolute Gasteiger partial charge is 0.399 e. The van der Waals surface area contributed by atoms with Gasteiger partial charge in [0, 0.05) is 10.6 Å². The highest BCUT2D eigenvalue weighted by Gasteiger charge is 2.23. The molecule has 1 aliphatic carbocycles. The van der Waals surface area contributed by atoms with Crippen molar-refractivity contribution in [2.45, 2.75) is 38.0 Å². The average molecular weight is 323 g/mol. The summed E-state index contributed by atoms with van der Waals surface area (Å²) in [5.41, 5.74) is 8.63. The molecule has 0 amide bonds. The second-order valence-corrected chi connectivity index (χ2v) is 8.03. The van der Waals surface area contributed by atoms with E-state index in [2.05, 4.69) is 9.71 Å². The van der Waals surface area contributed by atoms with Crippen molar-refractivity contribution >= 4 is 32.2 Å². The van der Waals surface area contributed by atoms with Crippen LogP contribution in [-0.2, 0) is 22.9 Å². The van der Waals surface area contributed by atoms with Crippen LogP contribution in [0.1, 0.15) is 28.1 Å². The number of nitrogens with zero attached hydrogens (tertiary/aromatic N) is 1. The molecule has 0 saturated heterocycles. The number of sulfonamides is 1. The number of aryl methyl sites for hydroxylation is 4. The van der Waals surface area contributed by atoms with Gasteiger partial charge in [-0.05, 0) is 56.4 Å². The maximum absolute atomic E-state index is 12.6. The van der Waals surface area contributed by atoms with E-state index in [-0.39, 0.29) is 4.90 Å². The molecule has 0 atom stereocenters. The van der Waals surface area contributed by atoms with Crippen LogP contribution in [0.5, 0.6) is 0 Å². The number of anilines is 2. The minimum atomic E-state index is -3.64. The Balaban J connectivity index is 1.97. The van der Waals surface area contributed by atoms with E-state index in [9.17, 15) is 8.42 Å². The molecule has 0 bridgehead atoms. The first-order chi connectivity index (χ1) is 9.87. The van der Waals surface area contributed by atoms with Crippen LogP contribution < -0.4 is 10.5 Å². The van der Waals surface area contributed by atoms with Gasteiger partial charge in [0.2, 0.25) is 0 Å². The Bertz CT molecular complexity index is 765. The van der Waals surface area contributed by atoms with Crippen LogP contribution in [0.4, 0.5) is 10.8 Å². The summed E-state index contributed by atoms with van der Waals surface area (Å²) in [5, 5.41) is 0.454. The maximum atomic E-state index is 12.6. The number of nitrogens with one attached hydrogen (secondary N) is 1. The van der Waals surface area contributed by atoms with Crippen LogP contribution in [0.25, 0.3) is 0 Å². The minimum absolute atomic E-state index is 0.284. The predicted molar refractivity (Wildman–Crippen MR) is 85.3 cm³/mol. The lowest BCUT2D eigenvalue weighted by Crippen LogP contribution is -2.16. The Hall–Kier alpha value is -1.60. The molecule has 7 heteroatoms. The molecule has 2 aromatic rings. The lowest BCUT2D eigenvalue weighted by atomic mass is 10.1. The molecule has 3 N–H and O–H groups in total. The number of hydrogen-bond donors (Lipinski definition) is 2. The molecular formula is C14H17N3O2S2. The van der Waals surface area contributed by atoms with Gasteiger partial charge in [0.15, 0.2) is 5.13 Å². The summed E-state index contributed by atoms with van der Waals surface area (Å²) in [5.74, 6) is 0. The fraction of sp³-hybridized carbons (Fsp3) is 0.357. The minimum Gasteiger partial charge on any atom is -0.399 e. The second kappa shape index (κ2) is 4.99. The summed E-state index contributed by atoms with van der Waals surface area (Å²) in [4.78, 5) is 5.86. The van der Waals surface area contributed by atoms with E-state index in [1.807, 2.05) is 0 Å². The SMILES string of the molecule is Cc1cc(N)cc(C)c1S(=O)(=O)Nc1nc2c(s1)CCC2. The fourth-order valence-electron chi connectivity index (χ4n) is 2.81. The normalized spacial score (nSPS) is 14.2. The molecule has 1 aromatic carbocycles. The number of benzene rings is 1. The number of aromatic nitrogens is 1. The molecule has 1 aromatic heterocycles. The Labute approximate surface area is 128 Å². The van der Waals surface area contributed by atoms with E-state index >= 15 is 0 Å². The third kappa shape index (κ3) is 2.63. The molecule has 0 radical (unpaired) electrons. The van der Waals surface area contributed by atoms with Gasteiger partial charge in [-0.15, -0.1) is 11.3 Å². The molecular weight excluding hydrogens is 306 g/mol. The Morgan fingerprint density at radius 2 is 1.90 bits per heavy atom. The van der Waals surface area contributed by atoms with Gasteiger partial charge in [0.1, 0.15) is 0 Å². The van der Waals surface area contributed by atoms with Crippen LogP contribution in [0.2, 0.25) is 0 Å². The van der Waals surface area contributed by atoms with Crippen molar-refractivity contribution in [3.63, 3.8) is 0 Å². The smallest absolute Gasteiger partial charge is 0.264 e. The van der Waals surface area contributed by atoms with Crippen molar-refractivity contribution in [2.75, 3.05) is 10.5 Å². The van der Waals surface area contributed by atoms with Crippen molar-refractivity contribution in [1.82, 2.24) is 4.98 Å². The Morgan fingerprint density at radius 1 is 1.24 bits per heavy atom. The van der Waals surface area contributed by atoms with E-state index in [0.717, 1.165) is 25.0 Å². The van der Waals surface area contributed by atoms with Crippen LogP contribution in [-0.4, -0.2) is 13.4 Å². The molecule has 21 heavy (non-hydrogen) atoms. The third-order valence-electron chi connectivity index (χ3n) is 3.57. The highest BCUT2D eigenvalue weighted by atomic mass is 32.2. The van der Waals surface area contributed by atoms with Crippen molar-refractivity contribution in [3.05, 3.63) is 33.8 Å². The van der Waals surface area contributed by atoms with Gasteiger partial charge in [-0.1, -0.05) is 0 Å². The molecule has 3 rings (SSSR count). The zero-order chi connectivity index (χ0) is 15.2. The number of hydrogen-bond acceptors (Lipinski definition) is 5. The number of nitrogen functional groups attached to an aromatic ring is 1. The van der Waals surface area contributed by atoms with E-state index in [0.29, 0.717) is 21.9 Å². The molecule has 0 spiro atoms. The summed E-state index contributed by atoms with van der Waals surface area (Å²) >= 11 is 1.43. The zero-order valence-corrected chi connectivity index (χ0v) is 13.6. The average Bonchev–Trinajstić information content (AvgIpc) is 2.86. The molecule has 0 aliphatic heterocycles. The highest BCUT2D eigenvalue weighted by molar-refractivity contribution is 7.93.